The highest BCUT2D eigenvalue weighted by atomic mass is 35.5. The highest BCUT2D eigenvalue weighted by molar-refractivity contribution is 6.31. The fourth-order valence-corrected chi connectivity index (χ4v) is 7.28. The molecule has 1 saturated carbocycles. The molecular formula is C30H39ClN4O6. The highest BCUT2D eigenvalue weighted by Crippen LogP contribution is 2.47. The second-order valence-corrected chi connectivity index (χ2v) is 13.0. The maximum Gasteiger partial charge on any atom is 0.328 e. The van der Waals surface area contributed by atoms with E-state index in [0.29, 0.717) is 41.4 Å². The predicted molar refractivity (Wildman–Crippen MR) is 154 cm³/mol. The molecule has 1 aromatic heterocycles. The van der Waals surface area contributed by atoms with Gasteiger partial charge in [-0.05, 0) is 69.6 Å². The molecule has 1 spiro atoms. The molecule has 3 heterocycles. The van der Waals surface area contributed by atoms with Crippen molar-refractivity contribution in [2.45, 2.75) is 82.8 Å². The Morgan fingerprint density at radius 3 is 2.49 bits per heavy atom. The number of amides is 3. The molecule has 3 fully saturated rings. The van der Waals surface area contributed by atoms with Gasteiger partial charge >= 0.3 is 5.97 Å². The number of esters is 1. The predicted octanol–water partition coefficient (Wildman–Crippen LogP) is 3.96. The molecule has 3 N–H and O–H groups in total. The first-order chi connectivity index (χ1) is 19.4. The van der Waals surface area contributed by atoms with Crippen molar-refractivity contribution in [3.8, 4) is 5.75 Å². The number of hydrogen-bond acceptors (Lipinski definition) is 6. The number of hydrogen-bond donors (Lipinski definition) is 3. The molecule has 3 atom stereocenters. The third-order valence-corrected chi connectivity index (χ3v) is 9.23. The van der Waals surface area contributed by atoms with Crippen molar-refractivity contribution in [3.63, 3.8) is 0 Å². The number of nitrogens with zero attached hydrogens (tertiary/aromatic N) is 1. The van der Waals surface area contributed by atoms with Gasteiger partial charge in [-0.2, -0.15) is 0 Å². The van der Waals surface area contributed by atoms with Crippen LogP contribution in [0.2, 0.25) is 5.02 Å². The molecule has 1 unspecified atom stereocenters. The first kappa shape index (κ1) is 29.2. The quantitative estimate of drug-likeness (QED) is 0.421. The van der Waals surface area contributed by atoms with Crippen LogP contribution in [0.3, 0.4) is 0 Å². The molecule has 11 heteroatoms. The van der Waals surface area contributed by atoms with Crippen molar-refractivity contribution in [3.05, 3.63) is 28.9 Å². The molecule has 10 nitrogen and oxygen atoms in total. The van der Waals surface area contributed by atoms with E-state index in [0.717, 1.165) is 37.5 Å². The molecule has 2 aromatic rings. The molecule has 222 valence electrons. The Morgan fingerprint density at radius 1 is 1.12 bits per heavy atom. The molecule has 41 heavy (non-hydrogen) atoms. The number of ether oxygens (including phenoxy) is 2. The van der Waals surface area contributed by atoms with E-state index in [2.05, 4.69) is 15.6 Å². The van der Waals surface area contributed by atoms with Gasteiger partial charge in [0.15, 0.2) is 0 Å². The summed E-state index contributed by atoms with van der Waals surface area (Å²) in [7, 11) is 2.81. The van der Waals surface area contributed by atoms with Crippen LogP contribution < -0.4 is 15.4 Å². The number of carbonyl (C=O) groups is 4. The van der Waals surface area contributed by atoms with Crippen LogP contribution in [-0.2, 0) is 19.1 Å². The van der Waals surface area contributed by atoms with Gasteiger partial charge in [-0.25, -0.2) is 4.79 Å². The highest BCUT2D eigenvalue weighted by Gasteiger charge is 2.50. The number of likely N-dealkylation sites (tertiary alicyclic amines) is 1. The average molecular weight is 587 g/mol. The van der Waals surface area contributed by atoms with E-state index in [-0.39, 0.29) is 29.2 Å². The summed E-state index contributed by atoms with van der Waals surface area (Å²) in [6, 6.07) is 3.38. The fraction of sp³-hybridized carbons (Fsp3) is 0.600. The summed E-state index contributed by atoms with van der Waals surface area (Å²) in [6.45, 7) is 4.31. The number of fused-ring (bicyclic) bond motifs is 1. The molecule has 2 saturated heterocycles. The van der Waals surface area contributed by atoms with Crippen molar-refractivity contribution >= 4 is 46.2 Å². The van der Waals surface area contributed by atoms with Crippen molar-refractivity contribution in [2.24, 2.45) is 11.3 Å². The van der Waals surface area contributed by atoms with E-state index in [1.165, 1.54) is 7.11 Å². The summed E-state index contributed by atoms with van der Waals surface area (Å²) in [5, 5.41) is 6.99. The summed E-state index contributed by atoms with van der Waals surface area (Å²) in [5.74, 6) is -1.36. The molecule has 0 bridgehead atoms. The fourth-order valence-electron chi connectivity index (χ4n) is 7.07. The minimum Gasteiger partial charge on any atom is -0.496 e. The lowest BCUT2D eigenvalue weighted by Gasteiger charge is -2.32. The molecule has 3 aliphatic rings. The number of nitrogens with one attached hydrogen (secondary N) is 3. The summed E-state index contributed by atoms with van der Waals surface area (Å²) in [4.78, 5) is 58.0. The van der Waals surface area contributed by atoms with Gasteiger partial charge < -0.3 is 30.0 Å². The Balaban J connectivity index is 1.41. The van der Waals surface area contributed by atoms with Crippen molar-refractivity contribution in [2.75, 3.05) is 20.8 Å². The number of carbonyl (C=O) groups excluding carboxylic acids is 4. The smallest absolute Gasteiger partial charge is 0.328 e. The van der Waals surface area contributed by atoms with E-state index < -0.39 is 29.9 Å². The lowest BCUT2D eigenvalue weighted by Crippen LogP contribution is -2.51. The summed E-state index contributed by atoms with van der Waals surface area (Å²) < 4.78 is 10.5. The number of methoxy groups -OCH3 is 2. The number of aromatic nitrogens is 1. The monoisotopic (exact) mass is 586 g/mol. The van der Waals surface area contributed by atoms with Crippen LogP contribution in [0.5, 0.6) is 5.75 Å². The first-order valence-electron chi connectivity index (χ1n) is 14.3. The second kappa shape index (κ2) is 11.2. The van der Waals surface area contributed by atoms with Gasteiger partial charge in [0, 0.05) is 28.4 Å². The average Bonchev–Trinajstić information content (AvgIpc) is 3.60. The normalized spacial score (nSPS) is 23.8. The van der Waals surface area contributed by atoms with Crippen LogP contribution >= 0.6 is 11.6 Å². The van der Waals surface area contributed by atoms with Crippen LogP contribution in [0.15, 0.2) is 18.2 Å². The standard InChI is InChI=1S/C30H39ClN4O6/c1-29(2)14-17(25(36)34-29)10-22(28(39)41-4)33-26(37)23-15-30(8-6-5-7-9-30)16-35(23)27(38)21-13-19-20(32-21)11-18(31)12-24(19)40-3/h11-13,17,22-23,32H,5-10,14-16H2,1-4H3,(H,33,37)(H,34,36)/t17-,22+,23?/m1/s1. The molecule has 1 aromatic carbocycles. The minimum absolute atomic E-state index is 0.127. The molecule has 3 amide bonds. The first-order valence-corrected chi connectivity index (χ1v) is 14.7. The molecular weight excluding hydrogens is 548 g/mol. The lowest BCUT2D eigenvalue weighted by molar-refractivity contribution is -0.146. The van der Waals surface area contributed by atoms with E-state index in [4.69, 9.17) is 21.1 Å². The Morgan fingerprint density at radius 2 is 1.85 bits per heavy atom. The molecule has 0 radical (unpaired) electrons. The van der Waals surface area contributed by atoms with Crippen LogP contribution in [0.1, 0.15) is 75.7 Å². The maximum absolute atomic E-state index is 14.0. The van der Waals surface area contributed by atoms with E-state index in [1.807, 2.05) is 13.8 Å². The molecule has 5 rings (SSSR count). The number of benzene rings is 1. The van der Waals surface area contributed by atoms with Crippen LogP contribution in [0.4, 0.5) is 0 Å². The van der Waals surface area contributed by atoms with E-state index >= 15 is 0 Å². The molecule has 2 aliphatic heterocycles. The summed E-state index contributed by atoms with van der Waals surface area (Å²) >= 11 is 6.24. The SMILES string of the molecule is COC(=O)[C@H](C[C@@H]1CC(C)(C)NC1=O)NC(=O)C1CC2(CCCCC2)CN1C(=O)c1cc2c(OC)cc(Cl)cc2[nH]1. The van der Waals surface area contributed by atoms with Gasteiger partial charge in [0.25, 0.3) is 5.91 Å². The zero-order valence-electron chi connectivity index (χ0n) is 24.1. The van der Waals surface area contributed by atoms with Gasteiger partial charge in [-0.15, -0.1) is 0 Å². The van der Waals surface area contributed by atoms with Crippen LogP contribution in [-0.4, -0.2) is 72.0 Å². The van der Waals surface area contributed by atoms with Gasteiger partial charge in [0.2, 0.25) is 11.8 Å². The Labute approximate surface area is 244 Å². The topological polar surface area (TPSA) is 130 Å². The van der Waals surface area contributed by atoms with E-state index in [1.54, 1.807) is 30.2 Å². The van der Waals surface area contributed by atoms with Crippen molar-refractivity contribution in [1.29, 1.82) is 0 Å². The largest absolute Gasteiger partial charge is 0.496 e. The minimum atomic E-state index is -1.00. The number of H-pyrrole nitrogens is 1. The van der Waals surface area contributed by atoms with Crippen LogP contribution in [0, 0.1) is 11.3 Å². The second-order valence-electron chi connectivity index (χ2n) is 12.6. The third kappa shape index (κ3) is 5.89. The van der Waals surface area contributed by atoms with Crippen molar-refractivity contribution in [1.82, 2.24) is 20.5 Å². The maximum atomic E-state index is 14.0. The number of halogens is 1. The number of aromatic amines is 1. The number of rotatable bonds is 7. The van der Waals surface area contributed by atoms with E-state index in [9.17, 15) is 19.2 Å². The zero-order valence-corrected chi connectivity index (χ0v) is 24.9. The Kier molecular flexibility index (Phi) is 7.98. The summed E-state index contributed by atoms with van der Waals surface area (Å²) in [5.41, 5.74) is 0.453. The Hall–Kier alpha value is -3.27. The van der Waals surface area contributed by atoms with Gasteiger partial charge in [-0.3, -0.25) is 14.4 Å². The lowest BCUT2D eigenvalue weighted by atomic mass is 9.72. The Bertz CT molecular complexity index is 1360. The van der Waals surface area contributed by atoms with Gasteiger partial charge in [-0.1, -0.05) is 30.9 Å². The molecule has 1 aliphatic carbocycles. The van der Waals surface area contributed by atoms with Gasteiger partial charge in [0.05, 0.1) is 19.7 Å². The summed E-state index contributed by atoms with van der Waals surface area (Å²) in [6.07, 6.45) is 6.31. The van der Waals surface area contributed by atoms with Crippen LogP contribution in [0.25, 0.3) is 10.9 Å². The zero-order chi connectivity index (χ0) is 29.5. The third-order valence-electron chi connectivity index (χ3n) is 9.01. The van der Waals surface area contributed by atoms with Gasteiger partial charge in [0.1, 0.15) is 23.5 Å². The van der Waals surface area contributed by atoms with Crippen molar-refractivity contribution < 1.29 is 28.7 Å².